The number of carbonyl (C=O) groups excluding carboxylic acids is 2. The van der Waals surface area contributed by atoms with E-state index in [0.29, 0.717) is 16.6 Å². The Balaban J connectivity index is 2.35. The maximum atomic E-state index is 12.5. The Labute approximate surface area is 114 Å². The van der Waals surface area contributed by atoms with Crippen LogP contribution in [0.3, 0.4) is 0 Å². The van der Waals surface area contributed by atoms with Crippen LogP contribution >= 0.6 is 0 Å². The lowest BCUT2D eigenvalue weighted by molar-refractivity contribution is 0.0289. The van der Waals surface area contributed by atoms with E-state index < -0.39 is 17.3 Å². The van der Waals surface area contributed by atoms with Crippen molar-refractivity contribution in [2.75, 3.05) is 0 Å². The monoisotopic (exact) mass is 265 g/mol. The van der Waals surface area contributed by atoms with Crippen molar-refractivity contribution in [3.8, 4) is 0 Å². The van der Waals surface area contributed by atoms with Gasteiger partial charge < -0.3 is 5.11 Å². The van der Waals surface area contributed by atoms with Crippen molar-refractivity contribution in [2.24, 2.45) is 0 Å². The predicted octanol–water partition coefficient (Wildman–Crippen LogP) is 2.38. The Bertz CT molecular complexity index is 918. The smallest absolute Gasteiger partial charge is 0.271 e. The highest BCUT2D eigenvalue weighted by Gasteiger charge is 2.46. The summed E-state index contributed by atoms with van der Waals surface area (Å²) in [5.41, 5.74) is -0.311. The topological polar surface area (TPSA) is 59.3 Å². The molecule has 0 radical (unpaired) electrons. The number of benzene rings is 2. The number of Topliss-reactive ketones (excluding diaryl/α,β-unsaturated/α-hetero) is 1. The van der Waals surface area contributed by atoms with E-state index in [-0.39, 0.29) is 0 Å². The molecular formula is C16H11NO3. The zero-order valence-corrected chi connectivity index (χ0v) is 10.8. The number of para-hydroxylation sites is 2. The molecule has 0 bridgehead atoms. The summed E-state index contributed by atoms with van der Waals surface area (Å²) in [5.74, 6) is -1.13. The van der Waals surface area contributed by atoms with Gasteiger partial charge in [-0.2, -0.15) is 0 Å². The van der Waals surface area contributed by atoms with Gasteiger partial charge in [0.2, 0.25) is 11.4 Å². The SMILES string of the molecule is CC1(O)C(=O)c2cccc3c4ccccc4n(c23)C1=O. The summed E-state index contributed by atoms with van der Waals surface area (Å²) >= 11 is 0. The highest BCUT2D eigenvalue weighted by Crippen LogP contribution is 2.36. The van der Waals surface area contributed by atoms with Gasteiger partial charge in [-0.1, -0.05) is 30.3 Å². The molecule has 20 heavy (non-hydrogen) atoms. The maximum absolute atomic E-state index is 12.5. The number of fused-ring (bicyclic) bond motifs is 3. The molecule has 1 N–H and O–H groups in total. The largest absolute Gasteiger partial charge is 0.373 e. The first-order valence-corrected chi connectivity index (χ1v) is 6.37. The summed E-state index contributed by atoms with van der Waals surface area (Å²) in [6, 6.07) is 12.8. The Morgan fingerprint density at radius 1 is 1.00 bits per heavy atom. The minimum atomic E-state index is -2.01. The van der Waals surface area contributed by atoms with E-state index in [4.69, 9.17) is 0 Å². The van der Waals surface area contributed by atoms with Crippen molar-refractivity contribution in [2.45, 2.75) is 12.5 Å². The van der Waals surface area contributed by atoms with E-state index in [1.807, 2.05) is 30.3 Å². The van der Waals surface area contributed by atoms with Gasteiger partial charge in [0, 0.05) is 16.3 Å². The summed E-state index contributed by atoms with van der Waals surface area (Å²) in [4.78, 5) is 24.8. The molecule has 4 heteroatoms. The fraction of sp³-hybridized carbons (Fsp3) is 0.125. The fourth-order valence-electron chi connectivity index (χ4n) is 2.99. The van der Waals surface area contributed by atoms with Crippen LogP contribution in [0.25, 0.3) is 21.8 Å². The summed E-state index contributed by atoms with van der Waals surface area (Å²) < 4.78 is 1.46. The zero-order valence-electron chi connectivity index (χ0n) is 10.8. The second-order valence-corrected chi connectivity index (χ2v) is 5.26. The molecule has 0 amide bonds. The van der Waals surface area contributed by atoms with Crippen molar-refractivity contribution in [3.05, 3.63) is 48.0 Å². The molecule has 4 nitrogen and oxygen atoms in total. The fourth-order valence-corrected chi connectivity index (χ4v) is 2.99. The summed E-state index contributed by atoms with van der Waals surface area (Å²) in [6.45, 7) is 1.26. The quantitative estimate of drug-likeness (QED) is 0.635. The second-order valence-electron chi connectivity index (χ2n) is 5.26. The molecule has 0 saturated carbocycles. The van der Waals surface area contributed by atoms with Crippen LogP contribution in [0, 0.1) is 0 Å². The zero-order chi connectivity index (χ0) is 14.1. The molecule has 0 saturated heterocycles. The first kappa shape index (κ1) is 11.4. The van der Waals surface area contributed by atoms with Gasteiger partial charge in [-0.15, -0.1) is 0 Å². The van der Waals surface area contributed by atoms with Gasteiger partial charge in [0.25, 0.3) is 5.91 Å². The van der Waals surface area contributed by atoms with E-state index in [0.717, 1.165) is 10.8 Å². The molecule has 1 aliphatic rings. The van der Waals surface area contributed by atoms with Crippen LogP contribution < -0.4 is 0 Å². The number of ketones is 1. The van der Waals surface area contributed by atoms with E-state index in [9.17, 15) is 14.7 Å². The summed E-state index contributed by atoms with van der Waals surface area (Å²) in [5, 5.41) is 12.0. The van der Waals surface area contributed by atoms with Crippen molar-refractivity contribution in [1.29, 1.82) is 0 Å². The lowest BCUT2D eigenvalue weighted by Crippen LogP contribution is -2.49. The van der Waals surface area contributed by atoms with Gasteiger partial charge in [0.15, 0.2) is 0 Å². The number of hydrogen-bond donors (Lipinski definition) is 1. The van der Waals surface area contributed by atoms with Gasteiger partial charge in [-0.05, 0) is 19.1 Å². The number of carbonyl (C=O) groups is 2. The molecule has 1 atom stereocenters. The highest BCUT2D eigenvalue weighted by molar-refractivity contribution is 6.30. The number of aromatic nitrogens is 1. The molecule has 0 aliphatic carbocycles. The summed E-state index contributed by atoms with van der Waals surface area (Å²) in [7, 11) is 0. The minimum Gasteiger partial charge on any atom is -0.373 e. The van der Waals surface area contributed by atoms with Gasteiger partial charge >= 0.3 is 0 Å². The average Bonchev–Trinajstić information content (AvgIpc) is 2.79. The molecule has 2 aromatic carbocycles. The molecule has 98 valence electrons. The van der Waals surface area contributed by atoms with Gasteiger partial charge in [-0.3, -0.25) is 14.2 Å². The van der Waals surface area contributed by atoms with Crippen LogP contribution in [0.1, 0.15) is 22.1 Å². The van der Waals surface area contributed by atoms with E-state index in [1.54, 1.807) is 12.1 Å². The third kappa shape index (κ3) is 1.10. The van der Waals surface area contributed by atoms with Gasteiger partial charge in [0.05, 0.1) is 11.0 Å². The number of nitrogens with zero attached hydrogens (tertiary/aromatic N) is 1. The molecule has 3 aromatic rings. The molecule has 1 aliphatic heterocycles. The molecule has 1 unspecified atom stereocenters. The lowest BCUT2D eigenvalue weighted by Gasteiger charge is -2.26. The van der Waals surface area contributed by atoms with Crippen LogP contribution in [-0.2, 0) is 0 Å². The van der Waals surface area contributed by atoms with E-state index in [1.165, 1.54) is 11.5 Å². The predicted molar refractivity (Wildman–Crippen MR) is 75.0 cm³/mol. The van der Waals surface area contributed by atoms with Crippen LogP contribution in [0.15, 0.2) is 42.5 Å². The van der Waals surface area contributed by atoms with Crippen molar-refractivity contribution in [1.82, 2.24) is 4.57 Å². The van der Waals surface area contributed by atoms with Crippen molar-refractivity contribution < 1.29 is 14.7 Å². The number of aliphatic hydroxyl groups is 1. The molecule has 0 spiro atoms. The number of hydrogen-bond acceptors (Lipinski definition) is 3. The lowest BCUT2D eigenvalue weighted by atomic mass is 9.89. The van der Waals surface area contributed by atoms with Crippen molar-refractivity contribution in [3.63, 3.8) is 0 Å². The second kappa shape index (κ2) is 3.35. The van der Waals surface area contributed by atoms with Crippen LogP contribution in [-0.4, -0.2) is 27.0 Å². The minimum absolute atomic E-state index is 0.392. The van der Waals surface area contributed by atoms with Crippen LogP contribution in [0.2, 0.25) is 0 Å². The number of rotatable bonds is 0. The first-order chi connectivity index (χ1) is 9.53. The van der Waals surface area contributed by atoms with E-state index in [2.05, 4.69) is 0 Å². The summed E-state index contributed by atoms with van der Waals surface area (Å²) in [6.07, 6.45) is 0. The maximum Gasteiger partial charge on any atom is 0.271 e. The standard InChI is InChI=1S/C16H11NO3/c1-16(20)14(18)11-7-4-6-10-9-5-2-3-8-12(9)17(13(10)11)15(16)19/h2-8,20H,1H3. The molecule has 1 aromatic heterocycles. The molecule has 4 rings (SSSR count). The Kier molecular flexibility index (Phi) is 1.90. The highest BCUT2D eigenvalue weighted by atomic mass is 16.3. The Morgan fingerprint density at radius 3 is 2.50 bits per heavy atom. The molecular weight excluding hydrogens is 254 g/mol. The third-order valence-corrected chi connectivity index (χ3v) is 4.00. The van der Waals surface area contributed by atoms with E-state index >= 15 is 0 Å². The Morgan fingerprint density at radius 2 is 1.70 bits per heavy atom. The van der Waals surface area contributed by atoms with Crippen molar-refractivity contribution >= 4 is 33.5 Å². The molecule has 2 heterocycles. The normalized spacial score (nSPS) is 21.9. The Hall–Kier alpha value is -2.46. The van der Waals surface area contributed by atoms with Gasteiger partial charge in [-0.25, -0.2) is 0 Å². The average molecular weight is 265 g/mol. The van der Waals surface area contributed by atoms with Gasteiger partial charge in [0.1, 0.15) is 0 Å². The molecule has 0 fully saturated rings. The first-order valence-electron chi connectivity index (χ1n) is 6.37. The third-order valence-electron chi connectivity index (χ3n) is 4.00. The van der Waals surface area contributed by atoms with Crippen LogP contribution in [0.5, 0.6) is 0 Å². The van der Waals surface area contributed by atoms with Crippen LogP contribution in [0.4, 0.5) is 0 Å².